The second kappa shape index (κ2) is 8.67. The third-order valence-electron chi connectivity index (χ3n) is 8.00. The third kappa shape index (κ3) is 3.27. The number of anilines is 1. The molecule has 0 radical (unpaired) electrons. The molecule has 2 amide bonds. The number of nitro benzene ring substituents is 1. The number of ketones is 1. The molecule has 4 aliphatic rings. The average Bonchev–Trinajstić information content (AvgIpc) is 3.65. The second-order valence-electron chi connectivity index (χ2n) is 9.89. The Kier molecular flexibility index (Phi) is 5.18. The number of non-ortho nitro benzene ring substituents is 1. The van der Waals surface area contributed by atoms with E-state index in [4.69, 9.17) is 14.2 Å². The predicted molar refractivity (Wildman–Crippen MR) is 140 cm³/mol. The lowest BCUT2D eigenvalue weighted by Crippen LogP contribution is -2.44. The lowest BCUT2D eigenvalue weighted by Gasteiger charge is -2.35. The summed E-state index contributed by atoms with van der Waals surface area (Å²) in [5, 5.41) is 11.5. The number of Topliss-reactive ketones (excluding diaryl/α,β-unsaturated/α-hetero) is 1. The highest BCUT2D eigenvalue weighted by molar-refractivity contribution is 6.25. The van der Waals surface area contributed by atoms with Gasteiger partial charge in [-0.1, -0.05) is 24.3 Å². The van der Waals surface area contributed by atoms with E-state index >= 15 is 0 Å². The van der Waals surface area contributed by atoms with Gasteiger partial charge in [0.05, 0.1) is 29.9 Å². The van der Waals surface area contributed by atoms with Crippen molar-refractivity contribution in [3.05, 3.63) is 93.7 Å². The summed E-state index contributed by atoms with van der Waals surface area (Å²) in [5.74, 6) is -2.40. The summed E-state index contributed by atoms with van der Waals surface area (Å²) in [6, 6.07) is 14.5. The second-order valence-corrected chi connectivity index (χ2v) is 9.89. The fraction of sp³-hybridized carbons (Fsp3) is 0.207. The average molecular weight is 540 g/mol. The first-order valence-corrected chi connectivity index (χ1v) is 12.6. The van der Waals surface area contributed by atoms with Gasteiger partial charge >= 0.3 is 0 Å². The predicted octanol–water partition coefficient (Wildman–Crippen LogP) is 3.73. The maximum Gasteiger partial charge on any atom is 0.271 e. The van der Waals surface area contributed by atoms with Crippen LogP contribution < -0.4 is 19.1 Å². The Hall–Kier alpha value is -5.19. The number of carbonyl (C=O) groups excluding carboxylic acids is 3. The number of hydrogen-bond acceptors (Lipinski definition) is 9. The summed E-state index contributed by atoms with van der Waals surface area (Å²) in [6.07, 6.45) is 3.63. The number of carbonyl (C=O) groups is 3. The first kappa shape index (κ1) is 23.9. The minimum absolute atomic E-state index is 0.0263. The normalized spacial score (nSPS) is 23.6. The minimum Gasteiger partial charge on any atom is -0.495 e. The van der Waals surface area contributed by atoms with Gasteiger partial charge in [0, 0.05) is 23.9 Å². The molecule has 0 bridgehead atoms. The molecule has 4 aliphatic heterocycles. The molecule has 3 aromatic rings. The number of methoxy groups -OCH3 is 1. The van der Waals surface area contributed by atoms with Gasteiger partial charge in [-0.15, -0.1) is 0 Å². The van der Waals surface area contributed by atoms with Crippen LogP contribution >= 0.6 is 0 Å². The van der Waals surface area contributed by atoms with Gasteiger partial charge in [-0.3, -0.25) is 24.5 Å². The van der Waals surface area contributed by atoms with Crippen molar-refractivity contribution < 1.29 is 33.5 Å². The van der Waals surface area contributed by atoms with Crippen LogP contribution in [0.1, 0.15) is 27.5 Å². The molecule has 4 atom stereocenters. The van der Waals surface area contributed by atoms with Gasteiger partial charge in [0.2, 0.25) is 18.6 Å². The number of benzene rings is 3. The van der Waals surface area contributed by atoms with E-state index in [9.17, 15) is 24.5 Å². The van der Waals surface area contributed by atoms with Gasteiger partial charge < -0.3 is 19.1 Å². The van der Waals surface area contributed by atoms with Crippen LogP contribution in [0.25, 0.3) is 6.08 Å². The number of nitro groups is 1. The van der Waals surface area contributed by atoms with E-state index in [0.717, 1.165) is 22.1 Å². The van der Waals surface area contributed by atoms with E-state index in [0.29, 0.717) is 17.1 Å². The van der Waals surface area contributed by atoms with E-state index in [1.165, 1.54) is 19.2 Å². The van der Waals surface area contributed by atoms with Crippen molar-refractivity contribution in [2.75, 3.05) is 18.8 Å². The fourth-order valence-corrected chi connectivity index (χ4v) is 6.28. The van der Waals surface area contributed by atoms with Gasteiger partial charge in [0.25, 0.3) is 5.69 Å². The van der Waals surface area contributed by atoms with Crippen LogP contribution in [0, 0.1) is 22.0 Å². The summed E-state index contributed by atoms with van der Waals surface area (Å²) in [5.41, 5.74) is 1.68. The van der Waals surface area contributed by atoms with Crippen molar-refractivity contribution in [3.8, 4) is 17.2 Å². The molecule has 0 saturated carbocycles. The van der Waals surface area contributed by atoms with Crippen LogP contribution in [0.5, 0.6) is 17.2 Å². The molecule has 2 saturated heterocycles. The van der Waals surface area contributed by atoms with Gasteiger partial charge in [-0.25, -0.2) is 4.90 Å². The Bertz CT molecular complexity index is 1670. The Morgan fingerprint density at radius 1 is 1.00 bits per heavy atom. The number of imide groups is 1. The lowest BCUT2D eigenvalue weighted by molar-refractivity contribution is -0.384. The molecular weight excluding hydrogens is 518 g/mol. The van der Waals surface area contributed by atoms with Crippen LogP contribution in [0.3, 0.4) is 0 Å². The zero-order valence-electron chi connectivity index (χ0n) is 21.1. The van der Waals surface area contributed by atoms with E-state index in [-0.39, 0.29) is 29.7 Å². The van der Waals surface area contributed by atoms with Gasteiger partial charge in [-0.05, 0) is 41.5 Å². The molecule has 40 heavy (non-hydrogen) atoms. The van der Waals surface area contributed by atoms with Crippen molar-refractivity contribution in [1.29, 1.82) is 0 Å². The highest BCUT2D eigenvalue weighted by Crippen LogP contribution is 2.54. The van der Waals surface area contributed by atoms with E-state index in [1.54, 1.807) is 29.3 Å². The van der Waals surface area contributed by atoms with E-state index in [1.807, 2.05) is 30.3 Å². The number of hydrogen-bond donors (Lipinski definition) is 0. The first-order chi connectivity index (χ1) is 19.4. The van der Waals surface area contributed by atoms with Crippen molar-refractivity contribution in [2.45, 2.75) is 12.1 Å². The molecule has 200 valence electrons. The smallest absolute Gasteiger partial charge is 0.271 e. The molecule has 4 heterocycles. The quantitative estimate of drug-likeness (QED) is 0.206. The van der Waals surface area contributed by atoms with Gasteiger partial charge in [0.1, 0.15) is 17.5 Å². The number of rotatable bonds is 5. The number of amides is 2. The number of fused-ring (bicyclic) bond motifs is 6. The Balaban J connectivity index is 1.37. The molecule has 11 nitrogen and oxygen atoms in total. The standard InChI is InChI=1S/C29H21N3O8/c1-38-20-9-7-17(32(36)37)13-19(20)31-28(34)23-24(29(31)35)26(27(33)16-6-8-21-22(12-16)40-14-39-21)30-11-10-15-4-2-3-5-18(15)25(23)30/h2-13,23-26H,14H2,1H3/t23-,24+,25-,26-/m0/s1. The van der Waals surface area contributed by atoms with Crippen LogP contribution in [-0.2, 0) is 9.59 Å². The van der Waals surface area contributed by atoms with Crippen LogP contribution in [-0.4, -0.2) is 47.4 Å². The SMILES string of the molecule is COc1ccc([N+](=O)[O-])cc1N1C(=O)[C@@H]2[C@H](C1=O)[C@@H]1c3ccccc3C=CN1[C@@H]2C(=O)c1ccc2c(c1)OCO2. The van der Waals surface area contributed by atoms with Crippen molar-refractivity contribution in [1.82, 2.24) is 4.90 Å². The topological polar surface area (TPSA) is 129 Å². The van der Waals surface area contributed by atoms with Crippen molar-refractivity contribution >= 4 is 35.0 Å². The third-order valence-corrected chi connectivity index (χ3v) is 8.00. The van der Waals surface area contributed by atoms with Crippen LogP contribution in [0.4, 0.5) is 11.4 Å². The molecule has 11 heteroatoms. The van der Waals surface area contributed by atoms with Gasteiger partial charge in [-0.2, -0.15) is 0 Å². The zero-order valence-corrected chi connectivity index (χ0v) is 21.1. The Morgan fingerprint density at radius 3 is 2.58 bits per heavy atom. The lowest BCUT2D eigenvalue weighted by atomic mass is 9.83. The molecule has 7 rings (SSSR count). The molecule has 0 unspecified atom stereocenters. The molecule has 0 aromatic heterocycles. The minimum atomic E-state index is -1.05. The highest BCUT2D eigenvalue weighted by atomic mass is 16.7. The summed E-state index contributed by atoms with van der Waals surface area (Å²) < 4.78 is 16.2. The number of ether oxygens (including phenoxy) is 3. The molecule has 3 aromatic carbocycles. The molecule has 0 aliphatic carbocycles. The monoisotopic (exact) mass is 539 g/mol. The fourth-order valence-electron chi connectivity index (χ4n) is 6.28. The first-order valence-electron chi connectivity index (χ1n) is 12.6. The highest BCUT2D eigenvalue weighted by Gasteiger charge is 2.65. The maximum atomic E-state index is 14.2. The Morgan fingerprint density at radius 2 is 1.77 bits per heavy atom. The van der Waals surface area contributed by atoms with E-state index < -0.39 is 40.7 Å². The summed E-state index contributed by atoms with van der Waals surface area (Å²) in [6.45, 7) is 0.0435. The molecular formula is C29H21N3O8. The molecule has 0 N–H and O–H groups in total. The summed E-state index contributed by atoms with van der Waals surface area (Å²) >= 11 is 0. The maximum absolute atomic E-state index is 14.2. The van der Waals surface area contributed by atoms with Crippen molar-refractivity contribution in [3.63, 3.8) is 0 Å². The number of nitrogens with zero attached hydrogens (tertiary/aromatic N) is 3. The molecule has 2 fully saturated rings. The summed E-state index contributed by atoms with van der Waals surface area (Å²) in [7, 11) is 1.35. The van der Waals surface area contributed by atoms with Gasteiger partial charge in [0.15, 0.2) is 17.3 Å². The largest absolute Gasteiger partial charge is 0.495 e. The van der Waals surface area contributed by atoms with Crippen LogP contribution in [0.15, 0.2) is 66.9 Å². The summed E-state index contributed by atoms with van der Waals surface area (Å²) in [4.78, 5) is 56.1. The van der Waals surface area contributed by atoms with Crippen molar-refractivity contribution in [2.24, 2.45) is 11.8 Å². The van der Waals surface area contributed by atoms with E-state index in [2.05, 4.69) is 0 Å². The Labute approximate surface area is 227 Å². The molecule has 0 spiro atoms. The zero-order chi connectivity index (χ0) is 27.7. The van der Waals surface area contributed by atoms with Crippen LogP contribution in [0.2, 0.25) is 0 Å².